The van der Waals surface area contributed by atoms with Gasteiger partial charge in [0.1, 0.15) is 0 Å². The van der Waals surface area contributed by atoms with E-state index in [2.05, 4.69) is 24.1 Å². The Balaban J connectivity index is 2.45. The molecular weight excluding hydrogens is 226 g/mol. The molecule has 1 amide bonds. The van der Waals surface area contributed by atoms with Crippen LogP contribution in [0.2, 0.25) is 0 Å². The number of carbonyl (C=O) groups excluding carboxylic acids is 1. The van der Waals surface area contributed by atoms with Gasteiger partial charge in [-0.25, -0.2) is 0 Å². The van der Waals surface area contributed by atoms with E-state index < -0.39 is 0 Å². The summed E-state index contributed by atoms with van der Waals surface area (Å²) in [5, 5.41) is 2.86. The van der Waals surface area contributed by atoms with E-state index in [0.29, 0.717) is 24.9 Å². The van der Waals surface area contributed by atoms with Crippen molar-refractivity contribution in [2.45, 2.75) is 52.5 Å². The molecule has 1 heterocycles. The zero-order chi connectivity index (χ0) is 13.6. The Morgan fingerprint density at radius 2 is 2.00 bits per heavy atom. The number of likely N-dealkylation sites (tertiary alicyclic amines) is 1. The van der Waals surface area contributed by atoms with E-state index in [1.165, 1.54) is 19.3 Å². The van der Waals surface area contributed by atoms with Crippen LogP contribution in [0.25, 0.3) is 0 Å². The lowest BCUT2D eigenvalue weighted by Gasteiger charge is -2.42. The van der Waals surface area contributed by atoms with E-state index in [0.717, 1.165) is 13.1 Å². The van der Waals surface area contributed by atoms with Crippen LogP contribution in [-0.4, -0.2) is 43.0 Å². The van der Waals surface area contributed by atoms with E-state index in [-0.39, 0.29) is 11.9 Å². The van der Waals surface area contributed by atoms with Crippen molar-refractivity contribution in [3.8, 4) is 0 Å². The van der Waals surface area contributed by atoms with Crippen molar-refractivity contribution in [2.24, 2.45) is 11.1 Å². The van der Waals surface area contributed by atoms with Crippen molar-refractivity contribution in [1.29, 1.82) is 0 Å². The maximum Gasteiger partial charge on any atom is 0.221 e. The molecule has 1 atom stereocenters. The number of hydrogen-bond acceptors (Lipinski definition) is 3. The summed E-state index contributed by atoms with van der Waals surface area (Å²) in [5.41, 5.74) is 6.31. The van der Waals surface area contributed by atoms with Gasteiger partial charge in [0, 0.05) is 25.6 Å². The van der Waals surface area contributed by atoms with Gasteiger partial charge < -0.3 is 11.1 Å². The van der Waals surface area contributed by atoms with E-state index in [9.17, 15) is 4.79 Å². The summed E-state index contributed by atoms with van der Waals surface area (Å²) in [6.45, 7) is 10.0. The molecule has 4 nitrogen and oxygen atoms in total. The topological polar surface area (TPSA) is 58.4 Å². The van der Waals surface area contributed by atoms with Crippen LogP contribution in [0.15, 0.2) is 0 Å². The predicted octanol–water partition coefficient (Wildman–Crippen LogP) is 1.35. The summed E-state index contributed by atoms with van der Waals surface area (Å²) in [4.78, 5) is 14.0. The largest absolute Gasteiger partial charge is 0.356 e. The van der Waals surface area contributed by atoms with Crippen LogP contribution in [0.4, 0.5) is 0 Å². The van der Waals surface area contributed by atoms with Crippen LogP contribution in [0.5, 0.6) is 0 Å². The standard InChI is InChI=1S/C14H29N3O/c1-4-14(3)6-8-17(9-7-14)12(11-15)10-13(18)16-5-2/h12H,4-11,15H2,1-3H3,(H,16,18). The third-order valence-corrected chi connectivity index (χ3v) is 4.44. The number of amides is 1. The molecule has 3 N–H and O–H groups in total. The molecule has 0 saturated carbocycles. The average molecular weight is 255 g/mol. The molecule has 1 fully saturated rings. The van der Waals surface area contributed by atoms with Gasteiger partial charge in [0.2, 0.25) is 5.91 Å². The summed E-state index contributed by atoms with van der Waals surface area (Å²) in [6, 6.07) is 0.206. The number of hydrogen-bond donors (Lipinski definition) is 2. The Morgan fingerprint density at radius 3 is 2.44 bits per heavy atom. The highest BCUT2D eigenvalue weighted by Crippen LogP contribution is 2.34. The van der Waals surface area contributed by atoms with Gasteiger partial charge >= 0.3 is 0 Å². The van der Waals surface area contributed by atoms with E-state index in [1.54, 1.807) is 0 Å². The minimum Gasteiger partial charge on any atom is -0.356 e. The summed E-state index contributed by atoms with van der Waals surface area (Å²) in [5.74, 6) is 0.122. The summed E-state index contributed by atoms with van der Waals surface area (Å²) in [6.07, 6.45) is 4.21. The Morgan fingerprint density at radius 1 is 1.39 bits per heavy atom. The number of nitrogens with two attached hydrogens (primary N) is 1. The molecule has 1 rings (SSSR count). The number of carbonyl (C=O) groups is 1. The second-order valence-electron chi connectivity index (χ2n) is 5.75. The summed E-state index contributed by atoms with van der Waals surface area (Å²) < 4.78 is 0. The van der Waals surface area contributed by atoms with Crippen molar-refractivity contribution in [1.82, 2.24) is 10.2 Å². The molecule has 1 unspecified atom stereocenters. The van der Waals surface area contributed by atoms with Crippen molar-refractivity contribution in [3.63, 3.8) is 0 Å². The van der Waals surface area contributed by atoms with E-state index in [4.69, 9.17) is 5.73 Å². The van der Waals surface area contributed by atoms with Gasteiger partial charge in [0.05, 0.1) is 0 Å². The Labute approximate surface area is 111 Å². The highest BCUT2D eigenvalue weighted by Gasteiger charge is 2.31. The lowest BCUT2D eigenvalue weighted by Crippen LogP contribution is -2.49. The third kappa shape index (κ3) is 4.25. The molecule has 0 aromatic carbocycles. The number of piperidine rings is 1. The molecule has 0 radical (unpaired) electrons. The van der Waals surface area contributed by atoms with Crippen LogP contribution in [-0.2, 0) is 4.79 Å². The van der Waals surface area contributed by atoms with E-state index in [1.807, 2.05) is 6.92 Å². The van der Waals surface area contributed by atoms with Gasteiger partial charge in [0.25, 0.3) is 0 Å². The van der Waals surface area contributed by atoms with Crippen LogP contribution in [0.3, 0.4) is 0 Å². The quantitative estimate of drug-likeness (QED) is 0.753. The first-order chi connectivity index (χ1) is 8.54. The van der Waals surface area contributed by atoms with Crippen LogP contribution in [0.1, 0.15) is 46.5 Å². The zero-order valence-corrected chi connectivity index (χ0v) is 12.2. The van der Waals surface area contributed by atoms with Gasteiger partial charge in [0.15, 0.2) is 0 Å². The second-order valence-corrected chi connectivity index (χ2v) is 5.75. The fraction of sp³-hybridized carbons (Fsp3) is 0.929. The first kappa shape index (κ1) is 15.4. The van der Waals surface area contributed by atoms with Crippen LogP contribution >= 0.6 is 0 Å². The first-order valence-corrected chi connectivity index (χ1v) is 7.25. The molecule has 1 aliphatic rings. The second kappa shape index (κ2) is 7.10. The lowest BCUT2D eigenvalue weighted by atomic mass is 9.78. The molecule has 0 aromatic heterocycles. The number of rotatable bonds is 6. The van der Waals surface area contributed by atoms with E-state index >= 15 is 0 Å². The van der Waals surface area contributed by atoms with Gasteiger partial charge in [-0.3, -0.25) is 9.69 Å². The zero-order valence-electron chi connectivity index (χ0n) is 12.2. The number of nitrogens with one attached hydrogen (secondary N) is 1. The minimum atomic E-state index is 0.122. The molecule has 18 heavy (non-hydrogen) atoms. The first-order valence-electron chi connectivity index (χ1n) is 7.25. The molecule has 1 saturated heterocycles. The van der Waals surface area contributed by atoms with Crippen LogP contribution < -0.4 is 11.1 Å². The Bertz CT molecular complexity index is 260. The summed E-state index contributed by atoms with van der Waals surface area (Å²) >= 11 is 0. The highest BCUT2D eigenvalue weighted by molar-refractivity contribution is 5.76. The smallest absolute Gasteiger partial charge is 0.221 e. The van der Waals surface area contributed by atoms with Crippen molar-refractivity contribution in [2.75, 3.05) is 26.2 Å². The maximum absolute atomic E-state index is 11.6. The van der Waals surface area contributed by atoms with Crippen molar-refractivity contribution >= 4 is 5.91 Å². The Kier molecular flexibility index (Phi) is 6.09. The maximum atomic E-state index is 11.6. The normalized spacial score (nSPS) is 21.6. The van der Waals surface area contributed by atoms with Gasteiger partial charge in [-0.1, -0.05) is 20.3 Å². The number of nitrogens with zero attached hydrogens (tertiary/aromatic N) is 1. The highest BCUT2D eigenvalue weighted by atomic mass is 16.1. The molecule has 1 aliphatic heterocycles. The van der Waals surface area contributed by atoms with Crippen molar-refractivity contribution < 1.29 is 4.79 Å². The monoisotopic (exact) mass is 255 g/mol. The molecule has 4 heteroatoms. The van der Waals surface area contributed by atoms with Gasteiger partial charge in [-0.2, -0.15) is 0 Å². The van der Waals surface area contributed by atoms with Gasteiger partial charge in [-0.05, 0) is 38.3 Å². The summed E-state index contributed by atoms with van der Waals surface area (Å²) in [7, 11) is 0. The minimum absolute atomic E-state index is 0.122. The SMILES string of the molecule is CCNC(=O)CC(CN)N1CCC(C)(CC)CC1. The predicted molar refractivity (Wildman–Crippen MR) is 75.3 cm³/mol. The molecule has 0 bridgehead atoms. The average Bonchev–Trinajstić information content (AvgIpc) is 2.37. The van der Waals surface area contributed by atoms with Gasteiger partial charge in [-0.15, -0.1) is 0 Å². The molecule has 0 aliphatic carbocycles. The van der Waals surface area contributed by atoms with Crippen molar-refractivity contribution in [3.05, 3.63) is 0 Å². The fourth-order valence-electron chi connectivity index (χ4n) is 2.63. The molecular formula is C14H29N3O. The fourth-order valence-corrected chi connectivity index (χ4v) is 2.63. The Hall–Kier alpha value is -0.610. The molecule has 106 valence electrons. The van der Waals surface area contributed by atoms with Crippen LogP contribution in [0, 0.1) is 5.41 Å². The lowest BCUT2D eigenvalue weighted by molar-refractivity contribution is -0.122. The molecule has 0 aromatic rings. The third-order valence-electron chi connectivity index (χ3n) is 4.44. The molecule has 0 spiro atoms.